The van der Waals surface area contributed by atoms with Gasteiger partial charge >= 0.3 is 0 Å². The van der Waals surface area contributed by atoms with Crippen LogP contribution in [0.3, 0.4) is 0 Å². The first-order valence-electron chi connectivity index (χ1n) is 36.4. The van der Waals surface area contributed by atoms with Crippen LogP contribution in [0, 0.1) is 5.92 Å². The molecule has 0 spiro atoms. The first-order chi connectivity index (χ1) is 46.6. The fourth-order valence-electron chi connectivity index (χ4n) is 13.4. The molecule has 1 N–H and O–H groups in total. The Morgan fingerprint density at radius 1 is 0.365 bits per heavy atom. The van der Waals surface area contributed by atoms with Crippen LogP contribution in [0.2, 0.25) is 0 Å². The number of aromatic hydroxyl groups is 1. The second-order valence-electron chi connectivity index (χ2n) is 25.3. The molecule has 5 saturated heterocycles. The molecular weight excluding hydrogens is 1190 g/mol. The Bertz CT molecular complexity index is 2970. The number of aryl methyl sites for hydroxylation is 1. The van der Waals surface area contributed by atoms with E-state index in [0.717, 1.165) is 158 Å². The summed E-state index contributed by atoms with van der Waals surface area (Å²) in [5.41, 5.74) is 7.36. The molecule has 0 unspecified atom stereocenters. The number of unbranched alkanes of at least 4 members (excludes halogenated alkanes) is 5. The molecule has 0 saturated carbocycles. The lowest BCUT2D eigenvalue weighted by atomic mass is 9.90. The number of likely N-dealkylation sites (N-methyl/N-ethyl adjacent to an activating group) is 3. The number of methoxy groups -OCH3 is 3. The summed E-state index contributed by atoms with van der Waals surface area (Å²) < 4.78 is 27.7. The van der Waals surface area contributed by atoms with Crippen molar-refractivity contribution < 1.29 is 28.8 Å². The lowest BCUT2D eigenvalue weighted by Gasteiger charge is -2.36. The summed E-state index contributed by atoms with van der Waals surface area (Å²) >= 11 is 0. The molecule has 0 amide bonds. The molecular formula is C81H125N9O6. The zero-order valence-corrected chi connectivity index (χ0v) is 60.0. The summed E-state index contributed by atoms with van der Waals surface area (Å²) in [6.07, 6.45) is 13.1. The van der Waals surface area contributed by atoms with Crippen molar-refractivity contribution in [3.63, 3.8) is 0 Å². The first kappa shape index (κ1) is 78.0. The van der Waals surface area contributed by atoms with Gasteiger partial charge in [0, 0.05) is 123 Å². The lowest BCUT2D eigenvalue weighted by Crippen LogP contribution is -2.46. The average Bonchev–Trinajstić information content (AvgIpc) is 0.948. The molecule has 0 radical (unpaired) electrons. The second-order valence-corrected chi connectivity index (χ2v) is 25.3. The van der Waals surface area contributed by atoms with Crippen molar-refractivity contribution >= 4 is 28.4 Å². The number of hydrogen-bond acceptors (Lipinski definition) is 15. The van der Waals surface area contributed by atoms with E-state index in [1.165, 1.54) is 125 Å². The van der Waals surface area contributed by atoms with Crippen molar-refractivity contribution in [2.75, 3.05) is 203 Å². The number of hydrogen-bond donors (Lipinski definition) is 1. The highest BCUT2D eigenvalue weighted by Crippen LogP contribution is 2.35. The van der Waals surface area contributed by atoms with Crippen LogP contribution in [-0.4, -0.2) is 203 Å². The lowest BCUT2D eigenvalue weighted by molar-refractivity contribution is 0.251. The fraction of sp³-hybridized carbons (Fsp3) is 0.556. The molecule has 15 nitrogen and oxygen atoms in total. The van der Waals surface area contributed by atoms with Gasteiger partial charge in [-0.3, -0.25) is 4.90 Å². The Morgan fingerprint density at radius 3 is 1.23 bits per heavy atom. The monoisotopic (exact) mass is 1320 g/mol. The predicted octanol–water partition coefficient (Wildman–Crippen LogP) is 15.4. The normalized spacial score (nSPS) is 16.4. The molecule has 530 valence electrons. The molecule has 11 rings (SSSR count). The van der Waals surface area contributed by atoms with E-state index in [1.807, 2.05) is 56.3 Å². The Kier molecular flexibility index (Phi) is 36.3. The van der Waals surface area contributed by atoms with Gasteiger partial charge in [-0.15, -0.1) is 0 Å². The van der Waals surface area contributed by atoms with Crippen LogP contribution >= 0.6 is 0 Å². The maximum atomic E-state index is 9.73. The third-order valence-electron chi connectivity index (χ3n) is 19.3. The summed E-state index contributed by atoms with van der Waals surface area (Å²) in [6, 6.07) is 49.6. The number of phenolic OH excluding ortho intramolecular Hbond substituents is 1. The number of rotatable bonds is 25. The topological polar surface area (TPSA) is 95.5 Å². The highest BCUT2D eigenvalue weighted by Gasteiger charge is 2.24. The van der Waals surface area contributed by atoms with Crippen molar-refractivity contribution in [3.05, 3.63) is 151 Å². The number of ether oxygens (including phenoxy) is 5. The van der Waals surface area contributed by atoms with Crippen molar-refractivity contribution in [1.82, 2.24) is 19.6 Å². The SMILES string of the molecule is C.CCCCCCCCN1CCN(c2ccccc2OC)CC1.CCN1CCN(c2ccccc2)CC1.CCN1CCN(c2ccccc2O)CC1.CCOc1ccccc1N1CCC(CCc2ccc(OC)c(OC)c2)CC1.CCOc1ccccc1N1CCN(CC)CC1. The van der Waals surface area contributed by atoms with E-state index in [2.05, 4.69) is 169 Å². The first-order valence-corrected chi connectivity index (χ1v) is 36.4. The van der Waals surface area contributed by atoms with Crippen LogP contribution < -0.4 is 48.2 Å². The van der Waals surface area contributed by atoms with Crippen LogP contribution in [0.25, 0.3) is 0 Å². The Hall–Kier alpha value is -7.04. The van der Waals surface area contributed by atoms with Crippen LogP contribution in [0.1, 0.15) is 112 Å². The molecule has 0 atom stereocenters. The van der Waals surface area contributed by atoms with Gasteiger partial charge < -0.3 is 68.0 Å². The highest BCUT2D eigenvalue weighted by atomic mass is 16.5. The van der Waals surface area contributed by atoms with E-state index in [1.54, 1.807) is 27.4 Å². The minimum Gasteiger partial charge on any atom is -0.506 e. The van der Waals surface area contributed by atoms with E-state index in [9.17, 15) is 5.11 Å². The molecule has 96 heavy (non-hydrogen) atoms. The molecule has 5 heterocycles. The zero-order chi connectivity index (χ0) is 67.2. The third-order valence-corrected chi connectivity index (χ3v) is 19.3. The fourth-order valence-corrected chi connectivity index (χ4v) is 13.4. The average molecular weight is 1320 g/mol. The van der Waals surface area contributed by atoms with Gasteiger partial charge in [-0.05, 0) is 156 Å². The smallest absolute Gasteiger partial charge is 0.160 e. The predicted molar refractivity (Wildman–Crippen MR) is 407 cm³/mol. The number of piperazine rings is 4. The summed E-state index contributed by atoms with van der Waals surface area (Å²) in [5, 5.41) is 9.73. The Morgan fingerprint density at radius 2 is 0.760 bits per heavy atom. The van der Waals surface area contributed by atoms with Crippen LogP contribution in [0.15, 0.2) is 146 Å². The molecule has 0 aromatic heterocycles. The Labute approximate surface area is 581 Å². The number of para-hydroxylation sites is 9. The molecule has 5 fully saturated rings. The van der Waals surface area contributed by atoms with E-state index in [0.29, 0.717) is 12.4 Å². The maximum absolute atomic E-state index is 9.73. The summed E-state index contributed by atoms with van der Waals surface area (Å²) in [6.45, 7) is 39.3. The van der Waals surface area contributed by atoms with Gasteiger partial charge in [0.1, 0.15) is 23.0 Å². The summed E-state index contributed by atoms with van der Waals surface area (Å²) in [7, 11) is 5.13. The second kappa shape index (κ2) is 44.7. The molecule has 6 aromatic carbocycles. The quantitative estimate of drug-likeness (QED) is 0.0551. The van der Waals surface area contributed by atoms with Gasteiger partial charge in [0.05, 0.1) is 57.3 Å². The van der Waals surface area contributed by atoms with Gasteiger partial charge in [0.2, 0.25) is 0 Å². The minimum atomic E-state index is 0. The number of nitrogens with zero attached hydrogens (tertiary/aromatic N) is 9. The largest absolute Gasteiger partial charge is 0.506 e. The summed E-state index contributed by atoms with van der Waals surface area (Å²) in [5.74, 6) is 5.78. The van der Waals surface area contributed by atoms with Crippen molar-refractivity contribution in [1.29, 1.82) is 0 Å². The van der Waals surface area contributed by atoms with Crippen LogP contribution in [0.4, 0.5) is 28.4 Å². The maximum Gasteiger partial charge on any atom is 0.160 e. The van der Waals surface area contributed by atoms with Crippen molar-refractivity contribution in [2.45, 2.75) is 113 Å². The Balaban J connectivity index is 0.000000193. The van der Waals surface area contributed by atoms with Gasteiger partial charge in [-0.2, -0.15) is 0 Å². The molecule has 5 aliphatic rings. The third kappa shape index (κ3) is 25.4. The van der Waals surface area contributed by atoms with Gasteiger partial charge in [-0.1, -0.05) is 140 Å². The van der Waals surface area contributed by atoms with Gasteiger partial charge in [-0.25, -0.2) is 0 Å². The number of phenols is 1. The van der Waals surface area contributed by atoms with E-state index < -0.39 is 0 Å². The number of anilines is 5. The molecule has 5 aliphatic heterocycles. The minimum absolute atomic E-state index is 0. The van der Waals surface area contributed by atoms with Crippen LogP contribution in [-0.2, 0) is 6.42 Å². The highest BCUT2D eigenvalue weighted by molar-refractivity contribution is 5.61. The summed E-state index contributed by atoms with van der Waals surface area (Å²) in [4.78, 5) is 22.1. The van der Waals surface area contributed by atoms with E-state index in [4.69, 9.17) is 23.7 Å². The van der Waals surface area contributed by atoms with E-state index >= 15 is 0 Å². The van der Waals surface area contributed by atoms with Crippen molar-refractivity contribution in [3.8, 4) is 34.5 Å². The number of benzene rings is 6. The van der Waals surface area contributed by atoms with Gasteiger partial charge in [0.15, 0.2) is 11.5 Å². The van der Waals surface area contributed by atoms with Crippen molar-refractivity contribution in [2.24, 2.45) is 5.92 Å². The van der Waals surface area contributed by atoms with Gasteiger partial charge in [0.25, 0.3) is 0 Å². The molecule has 0 aliphatic carbocycles. The van der Waals surface area contributed by atoms with Crippen LogP contribution in [0.5, 0.6) is 34.5 Å². The molecule has 15 heteroatoms. The number of piperidine rings is 1. The standard InChI is InChI=1S/C23H31NO3.C19H32N2O.C14H22N2O.C12H18N2O.C12H18N2.CH4/c1-4-27-21-8-6-5-7-20(21)24-15-13-18(14-16-24)9-10-19-11-12-22(25-2)23(17-19)26-3;1-3-4-5-6-7-10-13-20-14-16-21(17-15-20)18-11-8-9-12-19(18)22-2;1-3-15-9-11-16(12-10-15)13-7-5-6-8-14(13)17-4-2;1-2-13-7-9-14(10-8-13)11-5-3-4-6-12(11)15;1-2-13-8-10-14(11-9-13)12-6-4-3-5-7-12;/h5-8,11-12,17-18H,4,9-10,13-16H2,1-3H3;8-9,11-12H,3-7,10,13-17H2,1-2H3;5-8H,3-4,9-12H2,1-2H3;3-6,15H,2,7-10H2,1H3;3-7H,2,8-11H2,1H3;1H4. The molecule has 0 bridgehead atoms. The zero-order valence-electron chi connectivity index (χ0n) is 60.0. The molecule has 6 aromatic rings. The van der Waals surface area contributed by atoms with E-state index in [-0.39, 0.29) is 7.43 Å².